The summed E-state index contributed by atoms with van der Waals surface area (Å²) < 4.78 is 1.25. The summed E-state index contributed by atoms with van der Waals surface area (Å²) in [5, 5.41) is 2.57. The number of H-pyrrole nitrogens is 1. The summed E-state index contributed by atoms with van der Waals surface area (Å²) >= 11 is 2.35. The van der Waals surface area contributed by atoms with Gasteiger partial charge < -0.3 is 4.98 Å². The van der Waals surface area contributed by atoms with E-state index in [0.29, 0.717) is 0 Å². The molecule has 0 radical (unpaired) electrons. The Morgan fingerprint density at radius 3 is 2.15 bits per heavy atom. The molecule has 130 valence electrons. The van der Waals surface area contributed by atoms with Crippen molar-refractivity contribution < 1.29 is 0 Å². The molecule has 0 saturated carbocycles. The molecule has 4 aromatic carbocycles. The van der Waals surface area contributed by atoms with Crippen molar-refractivity contribution in [3.05, 3.63) is 94.1 Å². The number of hydrogen-bond donors (Lipinski definition) is 1. The number of aromatic nitrogens is 1. The highest BCUT2D eigenvalue weighted by atomic mass is 127. The van der Waals surface area contributed by atoms with Crippen LogP contribution in [-0.2, 0) is 0 Å². The second-order valence-corrected chi connectivity index (χ2v) is 8.23. The average Bonchev–Trinajstić information content (AvgIpc) is 3.07. The zero-order valence-electron chi connectivity index (χ0n) is 15.0. The summed E-state index contributed by atoms with van der Waals surface area (Å²) in [5.74, 6) is 0. The van der Waals surface area contributed by atoms with Gasteiger partial charge in [0, 0.05) is 25.4 Å². The van der Waals surface area contributed by atoms with E-state index in [1.54, 1.807) is 0 Å². The molecule has 1 heterocycles. The average molecular weight is 459 g/mol. The lowest BCUT2D eigenvalue weighted by molar-refractivity contribution is 1.47. The van der Waals surface area contributed by atoms with Crippen molar-refractivity contribution in [1.29, 1.82) is 0 Å². The fourth-order valence-corrected chi connectivity index (χ4v) is 4.11. The third-order valence-corrected chi connectivity index (χ3v) is 5.88. The fourth-order valence-electron chi connectivity index (χ4n) is 3.75. The standard InChI is InChI=1S/C25H18IN/c1-16-5-7-17(8-6-16)19-11-14-22-24(15-19)27-23-4-2-3-21(25(22)23)18-9-12-20(26)13-10-18/h2-15,27H,1H3. The number of hydrogen-bond acceptors (Lipinski definition) is 0. The van der Waals surface area contributed by atoms with Crippen LogP contribution in [0.3, 0.4) is 0 Å². The van der Waals surface area contributed by atoms with E-state index in [-0.39, 0.29) is 0 Å². The number of aryl methyl sites for hydroxylation is 1. The predicted molar refractivity (Wildman–Crippen MR) is 124 cm³/mol. The van der Waals surface area contributed by atoms with Crippen LogP contribution < -0.4 is 0 Å². The maximum Gasteiger partial charge on any atom is 0.0471 e. The third-order valence-electron chi connectivity index (χ3n) is 5.16. The monoisotopic (exact) mass is 459 g/mol. The maximum atomic E-state index is 3.62. The number of aromatic amines is 1. The van der Waals surface area contributed by atoms with Gasteiger partial charge in [0.05, 0.1) is 0 Å². The van der Waals surface area contributed by atoms with Crippen molar-refractivity contribution >= 4 is 44.4 Å². The van der Waals surface area contributed by atoms with E-state index in [1.807, 2.05) is 0 Å². The highest BCUT2D eigenvalue weighted by molar-refractivity contribution is 14.1. The van der Waals surface area contributed by atoms with Gasteiger partial charge >= 0.3 is 0 Å². The number of rotatable bonds is 2. The Morgan fingerprint density at radius 1 is 0.667 bits per heavy atom. The molecule has 0 aliphatic carbocycles. The molecule has 0 amide bonds. The van der Waals surface area contributed by atoms with Crippen LogP contribution in [0.4, 0.5) is 0 Å². The van der Waals surface area contributed by atoms with E-state index >= 15 is 0 Å². The summed E-state index contributed by atoms with van der Waals surface area (Å²) in [4.78, 5) is 3.62. The molecule has 0 spiro atoms. The molecule has 1 aromatic heterocycles. The molecule has 0 aliphatic heterocycles. The first kappa shape index (κ1) is 16.6. The van der Waals surface area contributed by atoms with Gasteiger partial charge in [-0.15, -0.1) is 0 Å². The van der Waals surface area contributed by atoms with Crippen molar-refractivity contribution in [1.82, 2.24) is 4.98 Å². The smallest absolute Gasteiger partial charge is 0.0471 e. The second-order valence-electron chi connectivity index (χ2n) is 6.99. The van der Waals surface area contributed by atoms with Gasteiger partial charge in [0.1, 0.15) is 0 Å². The van der Waals surface area contributed by atoms with E-state index in [9.17, 15) is 0 Å². The second kappa shape index (κ2) is 6.54. The van der Waals surface area contributed by atoms with Gasteiger partial charge in [-0.1, -0.05) is 66.2 Å². The topological polar surface area (TPSA) is 15.8 Å². The van der Waals surface area contributed by atoms with Crippen molar-refractivity contribution in [2.24, 2.45) is 0 Å². The number of benzene rings is 4. The van der Waals surface area contributed by atoms with Gasteiger partial charge in [-0.3, -0.25) is 0 Å². The Labute approximate surface area is 172 Å². The predicted octanol–water partition coefficient (Wildman–Crippen LogP) is 7.57. The highest BCUT2D eigenvalue weighted by Gasteiger charge is 2.11. The zero-order chi connectivity index (χ0) is 18.4. The number of halogens is 1. The van der Waals surface area contributed by atoms with Crippen molar-refractivity contribution in [2.45, 2.75) is 6.92 Å². The molecule has 1 N–H and O–H groups in total. The van der Waals surface area contributed by atoms with E-state index in [2.05, 4.69) is 119 Å². The van der Waals surface area contributed by atoms with Gasteiger partial charge in [-0.2, -0.15) is 0 Å². The first-order chi connectivity index (χ1) is 13.2. The summed E-state index contributed by atoms with van der Waals surface area (Å²) in [6.07, 6.45) is 0. The van der Waals surface area contributed by atoms with Crippen LogP contribution in [0, 0.1) is 10.5 Å². The Morgan fingerprint density at radius 2 is 1.37 bits per heavy atom. The van der Waals surface area contributed by atoms with E-state index in [4.69, 9.17) is 0 Å². The molecular weight excluding hydrogens is 441 g/mol. The number of fused-ring (bicyclic) bond motifs is 3. The normalized spacial score (nSPS) is 11.3. The van der Waals surface area contributed by atoms with Crippen LogP contribution in [0.5, 0.6) is 0 Å². The third kappa shape index (κ3) is 2.94. The molecule has 0 aliphatic rings. The lowest BCUT2D eigenvalue weighted by Crippen LogP contribution is -1.81. The summed E-state index contributed by atoms with van der Waals surface area (Å²) in [7, 11) is 0. The van der Waals surface area contributed by atoms with Crippen molar-refractivity contribution in [2.75, 3.05) is 0 Å². The SMILES string of the molecule is Cc1ccc(-c2ccc3c(c2)[nH]c2cccc(-c4ccc(I)cc4)c23)cc1. The minimum atomic E-state index is 1.18. The maximum absolute atomic E-state index is 3.62. The molecule has 0 fully saturated rings. The minimum absolute atomic E-state index is 1.18. The molecule has 0 atom stereocenters. The Bertz CT molecular complexity index is 1260. The van der Waals surface area contributed by atoms with Gasteiger partial charge in [-0.25, -0.2) is 0 Å². The van der Waals surface area contributed by atoms with Crippen LogP contribution in [-0.4, -0.2) is 4.98 Å². The largest absolute Gasteiger partial charge is 0.354 e. The molecule has 0 saturated heterocycles. The zero-order valence-corrected chi connectivity index (χ0v) is 17.1. The van der Waals surface area contributed by atoms with Crippen LogP contribution >= 0.6 is 22.6 Å². The fraction of sp³-hybridized carbons (Fsp3) is 0.0400. The van der Waals surface area contributed by atoms with Gasteiger partial charge in [0.15, 0.2) is 0 Å². The van der Waals surface area contributed by atoms with E-state index in [0.717, 1.165) is 0 Å². The summed E-state index contributed by atoms with van der Waals surface area (Å²) in [5.41, 5.74) is 8.67. The molecule has 5 aromatic rings. The van der Waals surface area contributed by atoms with E-state index in [1.165, 1.54) is 53.2 Å². The quantitative estimate of drug-likeness (QED) is 0.262. The van der Waals surface area contributed by atoms with Crippen molar-refractivity contribution in [3.63, 3.8) is 0 Å². The molecule has 27 heavy (non-hydrogen) atoms. The summed E-state index contributed by atoms with van der Waals surface area (Å²) in [6, 6.07) is 30.7. The first-order valence-electron chi connectivity index (χ1n) is 9.06. The first-order valence-corrected chi connectivity index (χ1v) is 10.1. The lowest BCUT2D eigenvalue weighted by Gasteiger charge is -2.06. The van der Waals surface area contributed by atoms with Gasteiger partial charge in [0.2, 0.25) is 0 Å². The Hall–Kier alpha value is -2.59. The minimum Gasteiger partial charge on any atom is -0.354 e. The molecule has 5 rings (SSSR count). The van der Waals surface area contributed by atoms with Gasteiger partial charge in [0.25, 0.3) is 0 Å². The summed E-state index contributed by atoms with van der Waals surface area (Å²) in [6.45, 7) is 2.12. The lowest BCUT2D eigenvalue weighted by atomic mass is 9.98. The molecule has 2 heteroatoms. The van der Waals surface area contributed by atoms with Crippen molar-refractivity contribution in [3.8, 4) is 22.3 Å². The molecule has 0 unspecified atom stereocenters. The van der Waals surface area contributed by atoms with Crippen LogP contribution in [0.15, 0.2) is 84.9 Å². The number of nitrogens with one attached hydrogen (secondary N) is 1. The van der Waals surface area contributed by atoms with E-state index < -0.39 is 0 Å². The van der Waals surface area contributed by atoms with Gasteiger partial charge in [-0.05, 0) is 76.0 Å². The highest BCUT2D eigenvalue weighted by Crippen LogP contribution is 2.36. The molecule has 1 nitrogen and oxygen atoms in total. The molecule has 0 bridgehead atoms. The Kier molecular flexibility index (Phi) is 4.01. The van der Waals surface area contributed by atoms with Crippen LogP contribution in [0.2, 0.25) is 0 Å². The van der Waals surface area contributed by atoms with Crippen LogP contribution in [0.25, 0.3) is 44.1 Å². The van der Waals surface area contributed by atoms with Crippen LogP contribution in [0.1, 0.15) is 5.56 Å². The molecular formula is C25H18IN. The Balaban J connectivity index is 1.72.